The van der Waals surface area contributed by atoms with Crippen LogP contribution in [-0.2, 0) is 10.6 Å². The van der Waals surface area contributed by atoms with Gasteiger partial charge in [-0.1, -0.05) is 0 Å². The van der Waals surface area contributed by atoms with Crippen LogP contribution in [0, 0.1) is 0 Å². The maximum atomic E-state index is 5.74. The van der Waals surface area contributed by atoms with Crippen LogP contribution in [0.5, 0.6) is 0 Å². The van der Waals surface area contributed by atoms with Crippen LogP contribution in [0.15, 0.2) is 5.38 Å². The zero-order valence-corrected chi connectivity index (χ0v) is 10.5. The minimum Gasteiger partial charge on any atom is -0.372 e. The Balaban J connectivity index is 2.09. The van der Waals surface area contributed by atoms with Gasteiger partial charge in [-0.25, -0.2) is 4.98 Å². The van der Waals surface area contributed by atoms with Gasteiger partial charge >= 0.3 is 0 Å². The number of nitrogens with zero attached hydrogens (tertiary/aromatic N) is 2. The van der Waals surface area contributed by atoms with E-state index in [1.165, 1.54) is 0 Å². The highest BCUT2D eigenvalue weighted by Crippen LogP contribution is 2.24. The van der Waals surface area contributed by atoms with Gasteiger partial charge in [0, 0.05) is 18.5 Å². The van der Waals surface area contributed by atoms with Crippen molar-refractivity contribution in [3.8, 4) is 0 Å². The fourth-order valence-electron chi connectivity index (χ4n) is 1.84. The molecule has 1 aliphatic rings. The molecule has 1 aromatic heterocycles. The van der Waals surface area contributed by atoms with Crippen molar-refractivity contribution < 1.29 is 4.74 Å². The van der Waals surface area contributed by atoms with Crippen molar-refractivity contribution in [2.24, 2.45) is 0 Å². The summed E-state index contributed by atoms with van der Waals surface area (Å²) in [4.78, 5) is 6.76. The molecule has 0 bridgehead atoms. The Morgan fingerprint density at radius 1 is 1.53 bits per heavy atom. The van der Waals surface area contributed by atoms with Crippen molar-refractivity contribution in [2.75, 3.05) is 18.0 Å². The van der Waals surface area contributed by atoms with Crippen molar-refractivity contribution in [3.05, 3.63) is 11.1 Å². The third-order valence-electron chi connectivity index (χ3n) is 2.37. The maximum absolute atomic E-state index is 5.74. The summed E-state index contributed by atoms with van der Waals surface area (Å²) in [7, 11) is 0. The number of thiazole rings is 1. The SMILES string of the molecule is C[C@@H]1CN(c2nc(CCl)cs2)C[C@H](C)O1. The largest absolute Gasteiger partial charge is 0.372 e. The molecule has 3 nitrogen and oxygen atoms in total. The highest BCUT2D eigenvalue weighted by atomic mass is 35.5. The predicted octanol–water partition coefficient (Wildman–Crippen LogP) is 2.50. The van der Waals surface area contributed by atoms with E-state index in [2.05, 4.69) is 23.7 Å². The van der Waals surface area contributed by atoms with Crippen molar-refractivity contribution in [1.82, 2.24) is 4.98 Å². The van der Waals surface area contributed by atoms with E-state index in [0.29, 0.717) is 5.88 Å². The van der Waals surface area contributed by atoms with E-state index >= 15 is 0 Å². The summed E-state index contributed by atoms with van der Waals surface area (Å²) in [5, 5.41) is 3.08. The predicted molar refractivity (Wildman–Crippen MR) is 63.9 cm³/mol. The first kappa shape index (κ1) is 11.2. The lowest BCUT2D eigenvalue weighted by molar-refractivity contribution is -0.00523. The van der Waals surface area contributed by atoms with Gasteiger partial charge in [0.25, 0.3) is 0 Å². The number of rotatable bonds is 2. The van der Waals surface area contributed by atoms with Gasteiger partial charge in [-0.2, -0.15) is 0 Å². The fraction of sp³-hybridized carbons (Fsp3) is 0.700. The van der Waals surface area contributed by atoms with Crippen LogP contribution < -0.4 is 4.90 Å². The summed E-state index contributed by atoms with van der Waals surface area (Å²) in [5.41, 5.74) is 0.962. The van der Waals surface area contributed by atoms with Crippen molar-refractivity contribution >= 4 is 28.1 Å². The van der Waals surface area contributed by atoms with Crippen LogP contribution in [0.3, 0.4) is 0 Å². The van der Waals surface area contributed by atoms with Crippen molar-refractivity contribution in [2.45, 2.75) is 31.9 Å². The molecule has 0 unspecified atom stereocenters. The van der Waals surface area contributed by atoms with E-state index in [9.17, 15) is 0 Å². The maximum Gasteiger partial charge on any atom is 0.185 e. The Morgan fingerprint density at radius 3 is 2.73 bits per heavy atom. The van der Waals surface area contributed by atoms with Crippen LogP contribution in [0.4, 0.5) is 5.13 Å². The molecule has 0 spiro atoms. The molecule has 1 fully saturated rings. The third-order valence-corrected chi connectivity index (χ3v) is 3.59. The van der Waals surface area contributed by atoms with Gasteiger partial charge in [-0.3, -0.25) is 0 Å². The van der Waals surface area contributed by atoms with Gasteiger partial charge in [0.1, 0.15) is 0 Å². The molecule has 2 atom stereocenters. The monoisotopic (exact) mass is 246 g/mol. The summed E-state index contributed by atoms with van der Waals surface area (Å²) >= 11 is 7.40. The Bertz CT molecular complexity index is 321. The van der Waals surface area contributed by atoms with Crippen molar-refractivity contribution in [1.29, 1.82) is 0 Å². The molecule has 0 amide bonds. The molecule has 0 radical (unpaired) electrons. The first-order valence-electron chi connectivity index (χ1n) is 5.10. The van der Waals surface area contributed by atoms with Gasteiger partial charge in [0.2, 0.25) is 0 Å². The van der Waals surface area contributed by atoms with E-state index in [-0.39, 0.29) is 12.2 Å². The number of halogens is 1. The van der Waals surface area contributed by atoms with E-state index in [1.807, 2.05) is 5.38 Å². The van der Waals surface area contributed by atoms with Gasteiger partial charge in [-0.15, -0.1) is 22.9 Å². The second-order valence-corrected chi connectivity index (χ2v) is 5.02. The lowest BCUT2D eigenvalue weighted by Crippen LogP contribution is -2.45. The first-order valence-corrected chi connectivity index (χ1v) is 6.51. The first-order chi connectivity index (χ1) is 7.19. The van der Waals surface area contributed by atoms with Crippen molar-refractivity contribution in [3.63, 3.8) is 0 Å². The molecular formula is C10H15ClN2OS. The van der Waals surface area contributed by atoms with E-state index < -0.39 is 0 Å². The average Bonchev–Trinajstić information content (AvgIpc) is 2.64. The number of hydrogen-bond acceptors (Lipinski definition) is 4. The van der Waals surface area contributed by atoms with Crippen LogP contribution >= 0.6 is 22.9 Å². The second-order valence-electron chi connectivity index (χ2n) is 3.92. The molecule has 1 aliphatic heterocycles. The highest BCUT2D eigenvalue weighted by molar-refractivity contribution is 7.13. The van der Waals surface area contributed by atoms with Gasteiger partial charge in [-0.05, 0) is 13.8 Å². The minimum atomic E-state index is 0.275. The zero-order chi connectivity index (χ0) is 10.8. The van der Waals surface area contributed by atoms with E-state index in [4.69, 9.17) is 16.3 Å². The molecule has 84 valence electrons. The molecule has 5 heteroatoms. The Labute approximate surface area is 99.0 Å². The third kappa shape index (κ3) is 2.62. The normalized spacial score (nSPS) is 27.0. The molecule has 1 aromatic rings. The quantitative estimate of drug-likeness (QED) is 0.750. The molecular weight excluding hydrogens is 232 g/mol. The van der Waals surface area contributed by atoms with Crippen LogP contribution in [0.2, 0.25) is 0 Å². The number of alkyl halides is 1. The lowest BCUT2D eigenvalue weighted by atomic mass is 10.2. The standard InChI is InChI=1S/C10H15ClN2OS/c1-7-4-13(5-8(2)14-7)10-12-9(3-11)6-15-10/h6-8H,3-5H2,1-2H3/t7-,8+. The number of hydrogen-bond donors (Lipinski definition) is 0. The van der Waals surface area contributed by atoms with Crippen LogP contribution in [0.25, 0.3) is 0 Å². The van der Waals surface area contributed by atoms with E-state index in [0.717, 1.165) is 23.9 Å². The second kappa shape index (κ2) is 4.68. The summed E-state index contributed by atoms with van der Waals surface area (Å²) in [6.45, 7) is 6.02. The van der Waals surface area contributed by atoms with Gasteiger partial charge < -0.3 is 9.64 Å². The molecule has 0 saturated carbocycles. The summed E-state index contributed by atoms with van der Waals surface area (Å²) in [6, 6.07) is 0. The highest BCUT2D eigenvalue weighted by Gasteiger charge is 2.23. The smallest absolute Gasteiger partial charge is 0.185 e. The fourth-order valence-corrected chi connectivity index (χ4v) is 2.91. The molecule has 0 aliphatic carbocycles. The number of anilines is 1. The van der Waals surface area contributed by atoms with Gasteiger partial charge in [0.05, 0.1) is 23.8 Å². The number of ether oxygens (including phenoxy) is 1. The Morgan fingerprint density at radius 2 is 2.20 bits per heavy atom. The van der Waals surface area contributed by atoms with E-state index in [1.54, 1.807) is 11.3 Å². The number of morpholine rings is 1. The average molecular weight is 247 g/mol. The zero-order valence-electron chi connectivity index (χ0n) is 8.94. The Kier molecular flexibility index (Phi) is 3.49. The topological polar surface area (TPSA) is 25.4 Å². The van der Waals surface area contributed by atoms with Crippen LogP contribution in [-0.4, -0.2) is 30.3 Å². The molecule has 1 saturated heterocycles. The summed E-state index contributed by atoms with van der Waals surface area (Å²) in [5.74, 6) is 0.492. The Hall–Kier alpha value is -0.320. The molecule has 15 heavy (non-hydrogen) atoms. The minimum absolute atomic E-state index is 0.275. The molecule has 2 rings (SSSR count). The van der Waals surface area contributed by atoms with Crippen LogP contribution in [0.1, 0.15) is 19.5 Å². The molecule has 0 N–H and O–H groups in total. The van der Waals surface area contributed by atoms with Gasteiger partial charge in [0.15, 0.2) is 5.13 Å². The summed E-state index contributed by atoms with van der Waals surface area (Å²) < 4.78 is 5.68. The number of aromatic nitrogens is 1. The lowest BCUT2D eigenvalue weighted by Gasteiger charge is -2.35. The molecule has 0 aromatic carbocycles. The summed E-state index contributed by atoms with van der Waals surface area (Å²) in [6.07, 6.45) is 0.550. The molecule has 2 heterocycles.